The molecule has 0 radical (unpaired) electrons. The molecular weight excluding hydrogens is 200 g/mol. The van der Waals surface area contributed by atoms with Gasteiger partial charge in [0, 0.05) is 31.9 Å². The molecule has 0 saturated carbocycles. The number of rotatable bonds is 2. The summed E-state index contributed by atoms with van der Waals surface area (Å²) in [5, 5.41) is 3.09. The van der Waals surface area contributed by atoms with Crippen molar-refractivity contribution in [3.63, 3.8) is 0 Å². The lowest BCUT2D eigenvalue weighted by Gasteiger charge is -2.20. The summed E-state index contributed by atoms with van der Waals surface area (Å²) in [6.45, 7) is 4.20. The molecule has 1 saturated heterocycles. The summed E-state index contributed by atoms with van der Waals surface area (Å²) >= 11 is 0. The van der Waals surface area contributed by atoms with Gasteiger partial charge in [0.2, 0.25) is 5.95 Å². The standard InChI is InChI=1S/C12H20N4/c1-10-9-11(13-2)15-12(14-10)16-7-5-3-4-6-8-16/h9H,3-8H2,1-2H3,(H,13,14,15). The molecule has 88 valence electrons. The highest BCUT2D eigenvalue weighted by Crippen LogP contribution is 2.17. The first kappa shape index (κ1) is 11.2. The fraction of sp³-hybridized carbons (Fsp3) is 0.667. The minimum atomic E-state index is 0.881. The van der Waals surface area contributed by atoms with E-state index >= 15 is 0 Å². The molecule has 2 heterocycles. The second-order valence-electron chi connectivity index (χ2n) is 4.35. The Bertz CT molecular complexity index is 343. The van der Waals surface area contributed by atoms with Crippen LogP contribution in [0.3, 0.4) is 0 Å². The zero-order valence-electron chi connectivity index (χ0n) is 10.2. The van der Waals surface area contributed by atoms with Gasteiger partial charge in [-0.1, -0.05) is 12.8 Å². The SMILES string of the molecule is CNc1cc(C)nc(N2CCCCCC2)n1. The maximum atomic E-state index is 4.52. The van der Waals surface area contributed by atoms with E-state index in [9.17, 15) is 0 Å². The quantitative estimate of drug-likeness (QED) is 0.829. The molecule has 0 aromatic carbocycles. The Hall–Kier alpha value is -1.32. The first-order chi connectivity index (χ1) is 7.79. The summed E-state index contributed by atoms with van der Waals surface area (Å²) in [4.78, 5) is 11.3. The molecule has 1 fully saturated rings. The number of nitrogens with zero attached hydrogens (tertiary/aromatic N) is 3. The Labute approximate surface area is 97.1 Å². The first-order valence-electron chi connectivity index (χ1n) is 6.08. The molecule has 4 nitrogen and oxygen atoms in total. The normalized spacial score (nSPS) is 17.0. The minimum Gasteiger partial charge on any atom is -0.373 e. The van der Waals surface area contributed by atoms with E-state index in [2.05, 4.69) is 20.2 Å². The van der Waals surface area contributed by atoms with Crippen molar-refractivity contribution < 1.29 is 0 Å². The predicted octanol–water partition coefficient (Wildman–Crippen LogP) is 2.21. The Morgan fingerprint density at radius 3 is 2.44 bits per heavy atom. The van der Waals surface area contributed by atoms with Crippen LogP contribution in [0.5, 0.6) is 0 Å². The van der Waals surface area contributed by atoms with E-state index in [1.165, 1.54) is 25.7 Å². The van der Waals surface area contributed by atoms with Gasteiger partial charge in [-0.2, -0.15) is 4.98 Å². The Morgan fingerprint density at radius 2 is 1.81 bits per heavy atom. The van der Waals surface area contributed by atoms with Gasteiger partial charge in [0.1, 0.15) is 5.82 Å². The van der Waals surface area contributed by atoms with Gasteiger partial charge in [-0.05, 0) is 19.8 Å². The minimum absolute atomic E-state index is 0.881. The van der Waals surface area contributed by atoms with E-state index in [-0.39, 0.29) is 0 Å². The van der Waals surface area contributed by atoms with Crippen LogP contribution in [0.2, 0.25) is 0 Å². The van der Waals surface area contributed by atoms with Crippen LogP contribution in [0.15, 0.2) is 6.07 Å². The summed E-state index contributed by atoms with van der Waals surface area (Å²) in [7, 11) is 1.90. The van der Waals surface area contributed by atoms with Gasteiger partial charge in [-0.15, -0.1) is 0 Å². The second kappa shape index (κ2) is 5.14. The van der Waals surface area contributed by atoms with E-state index in [0.29, 0.717) is 0 Å². The topological polar surface area (TPSA) is 41.1 Å². The molecular formula is C12H20N4. The van der Waals surface area contributed by atoms with Crippen LogP contribution in [0, 0.1) is 6.92 Å². The van der Waals surface area contributed by atoms with Gasteiger partial charge in [0.25, 0.3) is 0 Å². The number of hydrogen-bond acceptors (Lipinski definition) is 4. The average molecular weight is 220 g/mol. The van der Waals surface area contributed by atoms with E-state index in [4.69, 9.17) is 0 Å². The highest BCUT2D eigenvalue weighted by atomic mass is 15.3. The maximum absolute atomic E-state index is 4.52. The summed E-state index contributed by atoms with van der Waals surface area (Å²) in [5.41, 5.74) is 1.03. The average Bonchev–Trinajstić information content (AvgIpc) is 2.56. The third kappa shape index (κ3) is 2.62. The molecule has 0 aliphatic carbocycles. The van der Waals surface area contributed by atoms with Crippen molar-refractivity contribution in [2.45, 2.75) is 32.6 Å². The third-order valence-corrected chi connectivity index (χ3v) is 2.99. The van der Waals surface area contributed by atoms with Gasteiger partial charge in [0.05, 0.1) is 0 Å². The monoisotopic (exact) mass is 220 g/mol. The number of anilines is 2. The molecule has 1 aliphatic rings. The lowest BCUT2D eigenvalue weighted by atomic mass is 10.2. The molecule has 0 amide bonds. The Balaban J connectivity index is 2.20. The number of aryl methyl sites for hydroxylation is 1. The van der Waals surface area contributed by atoms with Crippen LogP contribution in [0.1, 0.15) is 31.4 Å². The van der Waals surface area contributed by atoms with Gasteiger partial charge < -0.3 is 10.2 Å². The lowest BCUT2D eigenvalue weighted by Crippen LogP contribution is -2.26. The molecule has 1 N–H and O–H groups in total. The molecule has 0 atom stereocenters. The van der Waals surface area contributed by atoms with Crippen molar-refractivity contribution in [2.24, 2.45) is 0 Å². The van der Waals surface area contributed by atoms with E-state index in [1.807, 2.05) is 20.0 Å². The molecule has 0 unspecified atom stereocenters. The van der Waals surface area contributed by atoms with Crippen LogP contribution in [0.25, 0.3) is 0 Å². The number of nitrogens with one attached hydrogen (secondary N) is 1. The van der Waals surface area contributed by atoms with Crippen molar-refractivity contribution in [3.8, 4) is 0 Å². The number of hydrogen-bond donors (Lipinski definition) is 1. The maximum Gasteiger partial charge on any atom is 0.227 e. The summed E-state index contributed by atoms with van der Waals surface area (Å²) < 4.78 is 0. The van der Waals surface area contributed by atoms with Crippen LogP contribution >= 0.6 is 0 Å². The number of aromatic nitrogens is 2. The molecule has 0 bridgehead atoms. The second-order valence-corrected chi connectivity index (χ2v) is 4.35. The highest BCUT2D eigenvalue weighted by Gasteiger charge is 2.13. The van der Waals surface area contributed by atoms with E-state index in [1.54, 1.807) is 0 Å². The fourth-order valence-corrected chi connectivity index (χ4v) is 2.09. The highest BCUT2D eigenvalue weighted by molar-refractivity contribution is 5.43. The largest absolute Gasteiger partial charge is 0.373 e. The van der Waals surface area contributed by atoms with Crippen molar-refractivity contribution in [1.82, 2.24) is 9.97 Å². The first-order valence-corrected chi connectivity index (χ1v) is 6.08. The predicted molar refractivity (Wildman–Crippen MR) is 67.0 cm³/mol. The molecule has 0 spiro atoms. The van der Waals surface area contributed by atoms with Crippen LogP contribution < -0.4 is 10.2 Å². The van der Waals surface area contributed by atoms with Crippen molar-refractivity contribution in [1.29, 1.82) is 0 Å². The van der Waals surface area contributed by atoms with Gasteiger partial charge in [-0.3, -0.25) is 0 Å². The molecule has 2 rings (SSSR count). The molecule has 1 aromatic heterocycles. The van der Waals surface area contributed by atoms with Gasteiger partial charge in [-0.25, -0.2) is 4.98 Å². The summed E-state index contributed by atoms with van der Waals surface area (Å²) in [6, 6.07) is 1.97. The summed E-state index contributed by atoms with van der Waals surface area (Å²) in [6.07, 6.45) is 5.18. The van der Waals surface area contributed by atoms with Gasteiger partial charge in [0.15, 0.2) is 0 Å². The lowest BCUT2D eigenvalue weighted by molar-refractivity contribution is 0.726. The smallest absolute Gasteiger partial charge is 0.227 e. The van der Waals surface area contributed by atoms with Crippen LogP contribution in [0.4, 0.5) is 11.8 Å². The zero-order chi connectivity index (χ0) is 11.4. The molecule has 16 heavy (non-hydrogen) atoms. The van der Waals surface area contributed by atoms with E-state index in [0.717, 1.165) is 30.5 Å². The van der Waals surface area contributed by atoms with Crippen molar-refractivity contribution in [2.75, 3.05) is 30.4 Å². The Morgan fingerprint density at radius 1 is 1.12 bits per heavy atom. The molecule has 1 aromatic rings. The van der Waals surface area contributed by atoms with Gasteiger partial charge >= 0.3 is 0 Å². The fourth-order valence-electron chi connectivity index (χ4n) is 2.09. The molecule has 1 aliphatic heterocycles. The zero-order valence-corrected chi connectivity index (χ0v) is 10.2. The Kier molecular flexibility index (Phi) is 3.59. The van der Waals surface area contributed by atoms with Crippen LogP contribution in [-0.2, 0) is 0 Å². The van der Waals surface area contributed by atoms with Crippen molar-refractivity contribution >= 4 is 11.8 Å². The van der Waals surface area contributed by atoms with E-state index < -0.39 is 0 Å². The molecule has 4 heteroatoms. The third-order valence-electron chi connectivity index (χ3n) is 2.99. The van der Waals surface area contributed by atoms with Crippen molar-refractivity contribution in [3.05, 3.63) is 11.8 Å². The summed E-state index contributed by atoms with van der Waals surface area (Å²) in [5.74, 6) is 1.79. The van der Waals surface area contributed by atoms with Crippen LogP contribution in [-0.4, -0.2) is 30.1 Å².